The number of thioether (sulfide) groups is 1. The third kappa shape index (κ3) is 10.3. The molecule has 210 valence electrons. The Labute approximate surface area is 222 Å². The molecule has 1 saturated heterocycles. The molecule has 1 aliphatic rings. The van der Waals surface area contributed by atoms with E-state index in [0.29, 0.717) is 44.3 Å². The summed E-state index contributed by atoms with van der Waals surface area (Å²) in [4.78, 5) is 75.0. The van der Waals surface area contributed by atoms with E-state index in [1.807, 2.05) is 20.1 Å². The molecule has 0 unspecified atom stereocenters. The number of carboxylic acids is 1. The fourth-order valence-corrected chi connectivity index (χ4v) is 4.43. The van der Waals surface area contributed by atoms with Gasteiger partial charge in [-0.25, -0.2) is 0 Å². The van der Waals surface area contributed by atoms with Crippen LogP contribution in [0.15, 0.2) is 0 Å². The van der Waals surface area contributed by atoms with Crippen LogP contribution in [0.3, 0.4) is 0 Å². The summed E-state index contributed by atoms with van der Waals surface area (Å²) in [5, 5.41) is 16.6. The van der Waals surface area contributed by atoms with Gasteiger partial charge in [-0.15, -0.1) is 0 Å². The Kier molecular flexibility index (Phi) is 14.2. The van der Waals surface area contributed by atoms with Gasteiger partial charge in [-0.3, -0.25) is 24.0 Å². The van der Waals surface area contributed by atoms with Gasteiger partial charge in [0.05, 0.1) is 12.1 Å². The van der Waals surface area contributed by atoms with Crippen LogP contribution in [0.5, 0.6) is 0 Å². The highest BCUT2D eigenvalue weighted by atomic mass is 32.2. The van der Waals surface area contributed by atoms with Crippen molar-refractivity contribution in [2.24, 2.45) is 11.7 Å². The second kappa shape index (κ2) is 16.2. The number of hydrogen-bond donors (Lipinski definition) is 5. The second-order valence-electron chi connectivity index (χ2n) is 9.36. The number of likely N-dealkylation sites (tertiary alicyclic amines) is 1. The van der Waals surface area contributed by atoms with Crippen LogP contribution in [-0.2, 0) is 28.8 Å². The fraction of sp³-hybridized carbons (Fsp3) is 0.750. The fourth-order valence-electron chi connectivity index (χ4n) is 3.94. The number of nitrogens with two attached hydrogens (primary N) is 1. The molecule has 1 rings (SSSR count). The van der Waals surface area contributed by atoms with Crippen molar-refractivity contribution in [2.45, 2.75) is 89.5 Å². The van der Waals surface area contributed by atoms with E-state index in [2.05, 4.69) is 16.0 Å². The van der Waals surface area contributed by atoms with E-state index >= 15 is 0 Å². The molecule has 4 amide bonds. The third-order valence-corrected chi connectivity index (χ3v) is 7.14. The van der Waals surface area contributed by atoms with Gasteiger partial charge in [-0.2, -0.15) is 11.8 Å². The van der Waals surface area contributed by atoms with E-state index in [9.17, 15) is 28.8 Å². The summed E-state index contributed by atoms with van der Waals surface area (Å²) in [7, 11) is 0. The van der Waals surface area contributed by atoms with E-state index in [1.165, 1.54) is 11.8 Å². The normalized spacial score (nSPS) is 19.2. The van der Waals surface area contributed by atoms with Crippen molar-refractivity contribution in [1.82, 2.24) is 20.9 Å². The van der Waals surface area contributed by atoms with Crippen LogP contribution >= 0.6 is 11.8 Å². The minimum atomic E-state index is -1.09. The molecule has 1 heterocycles. The second-order valence-corrected chi connectivity index (χ2v) is 10.3. The van der Waals surface area contributed by atoms with Crippen LogP contribution in [0.25, 0.3) is 0 Å². The maximum absolute atomic E-state index is 13.5. The number of aliphatic carboxylic acids is 1. The average Bonchev–Trinajstić information content (AvgIpc) is 3.37. The summed E-state index contributed by atoms with van der Waals surface area (Å²) in [6.45, 7) is 5.47. The van der Waals surface area contributed by atoms with Gasteiger partial charge >= 0.3 is 5.97 Å². The van der Waals surface area contributed by atoms with Crippen molar-refractivity contribution in [3.8, 4) is 0 Å². The van der Waals surface area contributed by atoms with E-state index in [-0.39, 0.29) is 18.8 Å². The lowest BCUT2D eigenvalue weighted by Crippen LogP contribution is -2.59. The largest absolute Gasteiger partial charge is 0.481 e. The summed E-state index contributed by atoms with van der Waals surface area (Å²) < 4.78 is 0. The van der Waals surface area contributed by atoms with Gasteiger partial charge in [0.15, 0.2) is 0 Å². The molecule has 1 fully saturated rings. The van der Waals surface area contributed by atoms with E-state index in [1.54, 1.807) is 11.8 Å². The zero-order valence-corrected chi connectivity index (χ0v) is 22.8. The number of carbonyl (C=O) groups excluding carboxylic acids is 5. The number of amides is 4. The van der Waals surface area contributed by atoms with Crippen molar-refractivity contribution in [1.29, 1.82) is 0 Å². The minimum Gasteiger partial charge on any atom is -0.481 e. The molecule has 0 saturated carbocycles. The van der Waals surface area contributed by atoms with Crippen LogP contribution in [0.2, 0.25) is 0 Å². The highest BCUT2D eigenvalue weighted by Crippen LogP contribution is 2.22. The predicted molar refractivity (Wildman–Crippen MR) is 140 cm³/mol. The topological polar surface area (TPSA) is 188 Å². The van der Waals surface area contributed by atoms with Crippen LogP contribution in [-0.4, -0.2) is 94.7 Å². The molecule has 13 heteroatoms. The van der Waals surface area contributed by atoms with Crippen molar-refractivity contribution in [2.75, 3.05) is 18.6 Å². The quantitative estimate of drug-likeness (QED) is 0.162. The Morgan fingerprint density at radius 2 is 1.78 bits per heavy atom. The Hall–Kier alpha value is -2.67. The summed E-state index contributed by atoms with van der Waals surface area (Å²) >= 11 is 1.56. The van der Waals surface area contributed by atoms with E-state index in [0.717, 1.165) is 0 Å². The van der Waals surface area contributed by atoms with Crippen LogP contribution < -0.4 is 21.7 Å². The smallest absolute Gasteiger partial charge is 0.303 e. The number of nitrogens with zero attached hydrogens (tertiary/aromatic N) is 1. The Morgan fingerprint density at radius 1 is 1.11 bits per heavy atom. The summed E-state index contributed by atoms with van der Waals surface area (Å²) in [6.07, 6.45) is 4.37. The first-order valence-corrected chi connectivity index (χ1v) is 14.0. The molecule has 6 N–H and O–H groups in total. The summed E-state index contributed by atoms with van der Waals surface area (Å²) in [5.74, 6) is -2.70. The van der Waals surface area contributed by atoms with Crippen molar-refractivity contribution in [3.63, 3.8) is 0 Å². The highest BCUT2D eigenvalue weighted by molar-refractivity contribution is 7.98. The molecule has 0 aliphatic carbocycles. The van der Waals surface area contributed by atoms with Gasteiger partial charge in [-0.05, 0) is 50.5 Å². The molecule has 0 aromatic rings. The number of aldehydes is 1. The van der Waals surface area contributed by atoms with Gasteiger partial charge in [0, 0.05) is 13.0 Å². The van der Waals surface area contributed by atoms with Gasteiger partial charge in [0.25, 0.3) is 0 Å². The van der Waals surface area contributed by atoms with Gasteiger partial charge in [0.2, 0.25) is 23.6 Å². The first-order chi connectivity index (χ1) is 17.5. The average molecular weight is 544 g/mol. The molecule has 0 bridgehead atoms. The molecular formula is C24H41N5O7S. The van der Waals surface area contributed by atoms with Crippen molar-refractivity contribution in [3.05, 3.63) is 0 Å². The van der Waals surface area contributed by atoms with Crippen LogP contribution in [0.4, 0.5) is 0 Å². The number of nitrogens with one attached hydrogen (secondary N) is 3. The van der Waals surface area contributed by atoms with Gasteiger partial charge < -0.3 is 36.5 Å². The lowest BCUT2D eigenvalue weighted by Gasteiger charge is -2.32. The SMILES string of the molecule is CC[C@H](C)[C@H](NC(=O)[C@H](C)NC(=O)[C@@H](N)CCC(=O)O)C(=O)N1CCC[C@H]1C(=O)N[C@H](C=O)CCSC. The molecule has 0 radical (unpaired) electrons. The summed E-state index contributed by atoms with van der Waals surface area (Å²) in [6, 6.07) is -4.41. The van der Waals surface area contributed by atoms with Gasteiger partial charge in [0.1, 0.15) is 24.4 Å². The first-order valence-electron chi connectivity index (χ1n) is 12.6. The first kappa shape index (κ1) is 32.4. The van der Waals surface area contributed by atoms with Gasteiger partial charge in [-0.1, -0.05) is 20.3 Å². The predicted octanol–water partition coefficient (Wildman–Crippen LogP) is -0.358. The zero-order chi connectivity index (χ0) is 28.1. The standard InChI is InChI=1S/C24H41N5O7S/c1-5-14(2)20(28-21(33)15(3)26-22(34)17(25)8-9-19(31)32)24(36)29-11-6-7-18(29)23(35)27-16(13-30)10-12-37-4/h13-18,20H,5-12,25H2,1-4H3,(H,26,34)(H,27,35)(H,28,33)(H,31,32)/t14-,15-,16-,17-,18-,20-/m0/s1. The van der Waals surface area contributed by atoms with E-state index < -0.39 is 59.8 Å². The minimum absolute atomic E-state index is 0.0792. The molecular weight excluding hydrogens is 502 g/mol. The number of carbonyl (C=O) groups is 6. The summed E-state index contributed by atoms with van der Waals surface area (Å²) in [5.41, 5.74) is 5.70. The molecule has 0 aromatic carbocycles. The number of carboxylic acid groups (broad SMARTS) is 1. The molecule has 0 spiro atoms. The lowest BCUT2D eigenvalue weighted by atomic mass is 9.97. The monoisotopic (exact) mass is 543 g/mol. The Bertz CT molecular complexity index is 827. The highest BCUT2D eigenvalue weighted by Gasteiger charge is 2.40. The number of hydrogen-bond acceptors (Lipinski definition) is 8. The maximum atomic E-state index is 13.5. The number of rotatable bonds is 16. The Balaban J connectivity index is 2.88. The molecule has 1 aliphatic heterocycles. The third-order valence-electron chi connectivity index (χ3n) is 6.50. The maximum Gasteiger partial charge on any atom is 0.303 e. The molecule has 12 nitrogen and oxygen atoms in total. The van der Waals surface area contributed by atoms with Crippen LogP contribution in [0.1, 0.15) is 59.3 Å². The van der Waals surface area contributed by atoms with Crippen molar-refractivity contribution < 1.29 is 33.9 Å². The zero-order valence-electron chi connectivity index (χ0n) is 22.0. The van der Waals surface area contributed by atoms with Crippen LogP contribution in [0, 0.1) is 5.92 Å². The van der Waals surface area contributed by atoms with E-state index in [4.69, 9.17) is 10.8 Å². The molecule has 0 aromatic heterocycles. The Morgan fingerprint density at radius 3 is 2.35 bits per heavy atom. The molecule has 6 atom stereocenters. The molecule has 37 heavy (non-hydrogen) atoms. The van der Waals surface area contributed by atoms with Crippen molar-refractivity contribution >= 4 is 47.6 Å². The lowest BCUT2D eigenvalue weighted by molar-refractivity contribution is -0.143.